The highest BCUT2D eigenvalue weighted by molar-refractivity contribution is 5.10. The number of hydrogen-bond acceptors (Lipinski definition) is 3. The summed E-state index contributed by atoms with van der Waals surface area (Å²) < 4.78 is 5.38. The van der Waals surface area contributed by atoms with Crippen LogP contribution < -0.4 is 0 Å². The predicted molar refractivity (Wildman–Crippen MR) is 63.0 cm³/mol. The van der Waals surface area contributed by atoms with Gasteiger partial charge in [-0.2, -0.15) is 5.26 Å². The van der Waals surface area contributed by atoms with Gasteiger partial charge in [-0.15, -0.1) is 0 Å². The van der Waals surface area contributed by atoms with E-state index in [0.29, 0.717) is 5.92 Å². The van der Waals surface area contributed by atoms with E-state index in [2.05, 4.69) is 17.9 Å². The first-order chi connectivity index (χ1) is 7.77. The van der Waals surface area contributed by atoms with Gasteiger partial charge in [-0.3, -0.25) is 4.90 Å². The Balaban J connectivity index is 2.07. The minimum atomic E-state index is -0.260. The van der Waals surface area contributed by atoms with E-state index in [0.717, 1.165) is 26.3 Å². The van der Waals surface area contributed by atoms with E-state index in [1.165, 1.54) is 32.1 Å². The van der Waals surface area contributed by atoms with Crippen molar-refractivity contribution >= 4 is 0 Å². The smallest absolute Gasteiger partial charge is 0.109 e. The summed E-state index contributed by atoms with van der Waals surface area (Å²) in [5.41, 5.74) is -0.260. The van der Waals surface area contributed by atoms with Crippen LogP contribution in [-0.2, 0) is 4.74 Å². The van der Waals surface area contributed by atoms with Gasteiger partial charge in [0.15, 0.2) is 0 Å². The molecule has 1 saturated carbocycles. The molecular weight excluding hydrogens is 200 g/mol. The monoisotopic (exact) mass is 222 g/mol. The third-order valence-electron chi connectivity index (χ3n) is 4.29. The molecule has 2 fully saturated rings. The minimum absolute atomic E-state index is 0.260. The summed E-state index contributed by atoms with van der Waals surface area (Å²) in [6, 6.07) is 2.59. The van der Waals surface area contributed by atoms with Crippen molar-refractivity contribution in [2.75, 3.05) is 26.3 Å². The fourth-order valence-corrected chi connectivity index (χ4v) is 3.11. The van der Waals surface area contributed by atoms with Crippen LogP contribution in [0.15, 0.2) is 0 Å². The van der Waals surface area contributed by atoms with Crippen LogP contribution in [0.3, 0.4) is 0 Å². The molecule has 0 N–H and O–H groups in total. The Bertz CT molecular complexity index is 242. The first kappa shape index (κ1) is 11.9. The third kappa shape index (κ3) is 2.23. The van der Waals surface area contributed by atoms with Crippen LogP contribution in [0.25, 0.3) is 0 Å². The molecule has 0 aromatic rings. The maximum absolute atomic E-state index is 9.56. The molecular formula is C13H22N2O. The van der Waals surface area contributed by atoms with Crippen LogP contribution in [0, 0.1) is 17.2 Å². The minimum Gasteiger partial charge on any atom is -0.379 e. The quantitative estimate of drug-likeness (QED) is 0.718. The number of morpholine rings is 1. The Labute approximate surface area is 98.4 Å². The highest BCUT2D eigenvalue weighted by Gasteiger charge is 2.40. The second-order valence-corrected chi connectivity index (χ2v) is 5.19. The molecule has 3 nitrogen and oxygen atoms in total. The molecule has 0 radical (unpaired) electrons. The van der Waals surface area contributed by atoms with Crippen LogP contribution in [0.1, 0.15) is 39.0 Å². The zero-order valence-electron chi connectivity index (χ0n) is 10.2. The van der Waals surface area contributed by atoms with Crippen LogP contribution in [0.2, 0.25) is 0 Å². The van der Waals surface area contributed by atoms with Crippen LogP contribution in [0.4, 0.5) is 0 Å². The highest BCUT2D eigenvalue weighted by atomic mass is 16.5. The SMILES string of the molecule is CC(C#N)(C1CCCCC1)N1CCOCC1. The van der Waals surface area contributed by atoms with Gasteiger partial charge >= 0.3 is 0 Å². The maximum atomic E-state index is 9.56. The van der Waals surface area contributed by atoms with Gasteiger partial charge < -0.3 is 4.74 Å². The molecule has 0 spiro atoms. The van der Waals surface area contributed by atoms with Gasteiger partial charge in [0.25, 0.3) is 0 Å². The van der Waals surface area contributed by atoms with Crippen molar-refractivity contribution in [1.29, 1.82) is 5.26 Å². The molecule has 0 aromatic heterocycles. The lowest BCUT2D eigenvalue weighted by Gasteiger charge is -2.44. The second-order valence-electron chi connectivity index (χ2n) is 5.19. The van der Waals surface area contributed by atoms with E-state index in [4.69, 9.17) is 4.74 Å². The fraction of sp³-hybridized carbons (Fsp3) is 0.923. The van der Waals surface area contributed by atoms with Crippen molar-refractivity contribution in [2.24, 2.45) is 5.92 Å². The molecule has 0 amide bonds. The van der Waals surface area contributed by atoms with Gasteiger partial charge in [0, 0.05) is 13.1 Å². The van der Waals surface area contributed by atoms with Crippen molar-refractivity contribution in [3.8, 4) is 6.07 Å². The summed E-state index contributed by atoms with van der Waals surface area (Å²) >= 11 is 0. The van der Waals surface area contributed by atoms with E-state index in [1.54, 1.807) is 0 Å². The average Bonchev–Trinajstić information content (AvgIpc) is 2.40. The highest BCUT2D eigenvalue weighted by Crippen LogP contribution is 2.36. The van der Waals surface area contributed by atoms with Gasteiger partial charge in [-0.1, -0.05) is 19.3 Å². The van der Waals surface area contributed by atoms with E-state index < -0.39 is 0 Å². The standard InChI is InChI=1S/C13H22N2O/c1-13(11-14,12-5-3-2-4-6-12)15-7-9-16-10-8-15/h12H,2-10H2,1H3. The van der Waals surface area contributed by atoms with Gasteiger partial charge in [0.05, 0.1) is 19.3 Å². The van der Waals surface area contributed by atoms with Gasteiger partial charge in [-0.05, 0) is 25.7 Å². The number of nitrogens with zero attached hydrogens (tertiary/aromatic N) is 2. The first-order valence-electron chi connectivity index (χ1n) is 6.51. The van der Waals surface area contributed by atoms with E-state index >= 15 is 0 Å². The lowest BCUT2D eigenvalue weighted by molar-refractivity contribution is -0.0225. The molecule has 2 rings (SSSR count). The molecule has 1 saturated heterocycles. The van der Waals surface area contributed by atoms with Crippen molar-refractivity contribution in [3.63, 3.8) is 0 Å². The summed E-state index contributed by atoms with van der Waals surface area (Å²) in [5.74, 6) is 0.560. The normalized spacial score (nSPS) is 28.2. The molecule has 1 aliphatic carbocycles. The van der Waals surface area contributed by atoms with E-state index in [1.807, 2.05) is 0 Å². The van der Waals surface area contributed by atoms with Gasteiger partial charge in [-0.25, -0.2) is 0 Å². The molecule has 3 heteroatoms. The predicted octanol–water partition coefficient (Wildman–Crippen LogP) is 2.18. The number of hydrogen-bond donors (Lipinski definition) is 0. The van der Waals surface area contributed by atoms with E-state index in [-0.39, 0.29) is 5.54 Å². The molecule has 0 bridgehead atoms. The lowest BCUT2D eigenvalue weighted by atomic mass is 9.75. The van der Waals surface area contributed by atoms with Crippen molar-refractivity contribution in [3.05, 3.63) is 0 Å². The first-order valence-corrected chi connectivity index (χ1v) is 6.51. The zero-order valence-corrected chi connectivity index (χ0v) is 10.2. The molecule has 2 aliphatic rings. The topological polar surface area (TPSA) is 36.3 Å². The Hall–Kier alpha value is -0.590. The summed E-state index contributed by atoms with van der Waals surface area (Å²) in [7, 11) is 0. The van der Waals surface area contributed by atoms with Crippen LogP contribution in [0.5, 0.6) is 0 Å². The van der Waals surface area contributed by atoms with E-state index in [9.17, 15) is 5.26 Å². The van der Waals surface area contributed by atoms with Crippen molar-refractivity contribution in [1.82, 2.24) is 4.90 Å². The van der Waals surface area contributed by atoms with Gasteiger partial charge in [0.1, 0.15) is 5.54 Å². The molecule has 16 heavy (non-hydrogen) atoms. The molecule has 1 unspecified atom stereocenters. The second kappa shape index (κ2) is 5.16. The summed E-state index contributed by atoms with van der Waals surface area (Å²) in [5, 5.41) is 9.56. The largest absolute Gasteiger partial charge is 0.379 e. The molecule has 1 heterocycles. The van der Waals surface area contributed by atoms with Gasteiger partial charge in [0.2, 0.25) is 0 Å². The molecule has 90 valence electrons. The number of ether oxygens (including phenoxy) is 1. The number of rotatable bonds is 2. The number of nitriles is 1. The molecule has 1 aliphatic heterocycles. The summed E-state index contributed by atoms with van der Waals surface area (Å²) in [4.78, 5) is 2.34. The summed E-state index contributed by atoms with van der Waals surface area (Å²) in [6.07, 6.45) is 6.39. The maximum Gasteiger partial charge on any atom is 0.109 e. The van der Waals surface area contributed by atoms with Crippen molar-refractivity contribution < 1.29 is 4.74 Å². The van der Waals surface area contributed by atoms with Crippen molar-refractivity contribution in [2.45, 2.75) is 44.6 Å². The average molecular weight is 222 g/mol. The summed E-state index contributed by atoms with van der Waals surface area (Å²) in [6.45, 7) is 5.53. The Morgan fingerprint density at radius 1 is 1.19 bits per heavy atom. The molecule has 0 aromatic carbocycles. The third-order valence-corrected chi connectivity index (χ3v) is 4.29. The Morgan fingerprint density at radius 2 is 1.81 bits per heavy atom. The fourth-order valence-electron chi connectivity index (χ4n) is 3.11. The Kier molecular flexibility index (Phi) is 3.83. The molecule has 1 atom stereocenters. The lowest BCUT2D eigenvalue weighted by Crippen LogP contribution is -2.55. The Morgan fingerprint density at radius 3 is 2.38 bits per heavy atom. The van der Waals surface area contributed by atoms with Crippen LogP contribution >= 0.6 is 0 Å². The van der Waals surface area contributed by atoms with Crippen LogP contribution in [-0.4, -0.2) is 36.7 Å². The zero-order chi connectivity index (χ0) is 11.4.